The molecule has 24 heavy (non-hydrogen) atoms. The number of thioether (sulfide) groups is 1. The average molecular weight is 326 g/mol. The largest absolute Gasteiger partial charge is 0.121 e. The molecule has 0 aliphatic carbocycles. The third kappa shape index (κ3) is 3.08. The second-order valence-electron chi connectivity index (χ2n) is 5.80. The van der Waals surface area contributed by atoms with Crippen LogP contribution in [0.2, 0.25) is 0 Å². The van der Waals surface area contributed by atoms with Crippen LogP contribution in [0.15, 0.2) is 102 Å². The van der Waals surface area contributed by atoms with E-state index in [4.69, 9.17) is 0 Å². The molecule has 0 spiro atoms. The van der Waals surface area contributed by atoms with Crippen molar-refractivity contribution >= 4 is 22.5 Å². The highest BCUT2D eigenvalue weighted by molar-refractivity contribution is 7.98. The highest BCUT2D eigenvalue weighted by Gasteiger charge is 2.08. The van der Waals surface area contributed by atoms with Crippen LogP contribution < -0.4 is 0 Å². The molecule has 0 atom stereocenters. The first-order valence-corrected chi connectivity index (χ1v) is 9.14. The lowest BCUT2D eigenvalue weighted by molar-refractivity contribution is 1.38. The third-order valence-electron chi connectivity index (χ3n) is 4.20. The zero-order chi connectivity index (χ0) is 16.2. The van der Waals surface area contributed by atoms with Crippen LogP contribution in [-0.4, -0.2) is 0 Å². The van der Waals surface area contributed by atoms with Gasteiger partial charge in [-0.3, -0.25) is 0 Å². The summed E-state index contributed by atoms with van der Waals surface area (Å²) in [6, 6.07) is 34.5. The van der Waals surface area contributed by atoms with Crippen molar-refractivity contribution in [2.24, 2.45) is 0 Å². The van der Waals surface area contributed by atoms with E-state index >= 15 is 0 Å². The van der Waals surface area contributed by atoms with E-state index in [9.17, 15) is 0 Å². The summed E-state index contributed by atoms with van der Waals surface area (Å²) in [5, 5.41) is 2.60. The van der Waals surface area contributed by atoms with Gasteiger partial charge in [-0.05, 0) is 33.5 Å². The summed E-state index contributed by atoms with van der Waals surface area (Å²) >= 11 is 1.90. The van der Waals surface area contributed by atoms with Crippen molar-refractivity contribution in [1.82, 2.24) is 0 Å². The molecular formula is C23H18S. The van der Waals surface area contributed by atoms with Gasteiger partial charge >= 0.3 is 0 Å². The van der Waals surface area contributed by atoms with E-state index in [1.807, 2.05) is 11.8 Å². The fourth-order valence-electron chi connectivity index (χ4n) is 3.01. The smallest absolute Gasteiger partial charge is 0.0232 e. The van der Waals surface area contributed by atoms with Gasteiger partial charge in [-0.1, -0.05) is 91.0 Å². The Bertz CT molecular complexity index is 952. The van der Waals surface area contributed by atoms with Crippen LogP contribution in [-0.2, 0) is 5.75 Å². The van der Waals surface area contributed by atoms with E-state index in [2.05, 4.69) is 97.1 Å². The maximum atomic E-state index is 2.23. The lowest BCUT2D eigenvalue weighted by Crippen LogP contribution is -1.86. The molecule has 0 aliphatic heterocycles. The van der Waals surface area contributed by atoms with Crippen LogP contribution in [0.3, 0.4) is 0 Å². The van der Waals surface area contributed by atoms with Crippen LogP contribution >= 0.6 is 11.8 Å². The molecule has 0 fully saturated rings. The Balaban J connectivity index is 1.73. The molecule has 4 aromatic rings. The number of hydrogen-bond donors (Lipinski definition) is 0. The Hall–Kier alpha value is -2.51. The van der Waals surface area contributed by atoms with E-state index < -0.39 is 0 Å². The quantitative estimate of drug-likeness (QED) is 0.372. The molecule has 0 aliphatic rings. The van der Waals surface area contributed by atoms with E-state index in [1.165, 1.54) is 32.4 Å². The zero-order valence-electron chi connectivity index (χ0n) is 13.4. The van der Waals surface area contributed by atoms with Gasteiger partial charge in [-0.15, -0.1) is 11.8 Å². The average Bonchev–Trinajstić information content (AvgIpc) is 2.67. The Labute approximate surface area is 147 Å². The number of hydrogen-bond acceptors (Lipinski definition) is 1. The van der Waals surface area contributed by atoms with Gasteiger partial charge in [0.05, 0.1) is 0 Å². The van der Waals surface area contributed by atoms with Gasteiger partial charge < -0.3 is 0 Å². The fourth-order valence-corrected chi connectivity index (χ4v) is 4.03. The van der Waals surface area contributed by atoms with E-state index in [-0.39, 0.29) is 0 Å². The molecule has 0 saturated heterocycles. The van der Waals surface area contributed by atoms with Crippen LogP contribution in [0.5, 0.6) is 0 Å². The van der Waals surface area contributed by atoms with Crippen molar-refractivity contribution in [1.29, 1.82) is 0 Å². The first-order chi connectivity index (χ1) is 11.9. The summed E-state index contributed by atoms with van der Waals surface area (Å²) in [5.41, 5.74) is 3.98. The van der Waals surface area contributed by atoms with Crippen LogP contribution in [0.4, 0.5) is 0 Å². The normalized spacial score (nSPS) is 10.8. The lowest BCUT2D eigenvalue weighted by Gasteiger charge is -2.12. The maximum absolute atomic E-state index is 2.23. The molecule has 0 aromatic heterocycles. The van der Waals surface area contributed by atoms with Gasteiger partial charge in [0.1, 0.15) is 0 Å². The van der Waals surface area contributed by atoms with Gasteiger partial charge in [0, 0.05) is 10.6 Å². The second kappa shape index (κ2) is 6.94. The van der Waals surface area contributed by atoms with Gasteiger partial charge in [0.25, 0.3) is 0 Å². The minimum absolute atomic E-state index is 0.989. The Kier molecular flexibility index (Phi) is 4.35. The molecule has 0 radical (unpaired) electrons. The molecule has 116 valence electrons. The zero-order valence-corrected chi connectivity index (χ0v) is 14.2. The molecular weight excluding hydrogens is 308 g/mol. The van der Waals surface area contributed by atoms with Gasteiger partial charge in [-0.2, -0.15) is 0 Å². The second-order valence-corrected chi connectivity index (χ2v) is 6.81. The lowest BCUT2D eigenvalue weighted by atomic mass is 9.98. The Morgan fingerprint density at radius 1 is 0.542 bits per heavy atom. The van der Waals surface area contributed by atoms with Crippen LogP contribution in [0.25, 0.3) is 21.9 Å². The molecule has 0 heterocycles. The topological polar surface area (TPSA) is 0 Å². The van der Waals surface area contributed by atoms with Crippen LogP contribution in [0, 0.1) is 0 Å². The molecule has 0 saturated carbocycles. The fraction of sp³-hybridized carbons (Fsp3) is 0.0435. The first kappa shape index (κ1) is 15.0. The molecule has 0 unspecified atom stereocenters. The summed E-state index contributed by atoms with van der Waals surface area (Å²) < 4.78 is 0. The minimum atomic E-state index is 0.989. The van der Waals surface area contributed by atoms with E-state index in [0.29, 0.717) is 0 Å². The minimum Gasteiger partial charge on any atom is -0.121 e. The standard InChI is InChI=1S/C23H18S/c1-2-9-18(10-3-1)17-24-23-16-7-6-14-22(23)21-15-8-12-19-11-4-5-13-20(19)21/h1-16H,17H2. The monoisotopic (exact) mass is 326 g/mol. The van der Waals surface area contributed by atoms with Crippen molar-refractivity contribution < 1.29 is 0 Å². The SMILES string of the molecule is c1ccc(CSc2ccccc2-c2cccc3ccccc23)cc1. The molecule has 0 amide bonds. The predicted molar refractivity (Wildman–Crippen MR) is 105 cm³/mol. The van der Waals surface area contributed by atoms with Crippen molar-refractivity contribution in [2.45, 2.75) is 10.6 Å². The highest BCUT2D eigenvalue weighted by atomic mass is 32.2. The van der Waals surface area contributed by atoms with Gasteiger partial charge in [0.2, 0.25) is 0 Å². The summed E-state index contributed by atoms with van der Waals surface area (Å²) in [6.45, 7) is 0. The summed E-state index contributed by atoms with van der Waals surface area (Å²) in [4.78, 5) is 1.33. The molecule has 4 rings (SSSR count). The van der Waals surface area contributed by atoms with E-state index in [0.717, 1.165) is 5.75 Å². The number of fused-ring (bicyclic) bond motifs is 1. The van der Waals surface area contributed by atoms with E-state index in [1.54, 1.807) is 0 Å². The third-order valence-corrected chi connectivity index (χ3v) is 5.35. The first-order valence-electron chi connectivity index (χ1n) is 8.16. The Morgan fingerprint density at radius 2 is 1.21 bits per heavy atom. The number of rotatable bonds is 4. The molecule has 4 aromatic carbocycles. The summed E-state index contributed by atoms with van der Waals surface area (Å²) in [7, 11) is 0. The number of benzene rings is 4. The molecule has 0 nitrogen and oxygen atoms in total. The summed E-state index contributed by atoms with van der Waals surface area (Å²) in [5.74, 6) is 0.989. The summed E-state index contributed by atoms with van der Waals surface area (Å²) in [6.07, 6.45) is 0. The van der Waals surface area contributed by atoms with Crippen molar-refractivity contribution in [3.63, 3.8) is 0 Å². The van der Waals surface area contributed by atoms with Gasteiger partial charge in [-0.25, -0.2) is 0 Å². The van der Waals surface area contributed by atoms with Gasteiger partial charge in [0.15, 0.2) is 0 Å². The highest BCUT2D eigenvalue weighted by Crippen LogP contribution is 2.36. The van der Waals surface area contributed by atoms with Crippen molar-refractivity contribution in [3.8, 4) is 11.1 Å². The maximum Gasteiger partial charge on any atom is 0.0232 e. The van der Waals surface area contributed by atoms with Crippen molar-refractivity contribution in [2.75, 3.05) is 0 Å². The molecule has 1 heteroatoms. The molecule has 0 N–H and O–H groups in total. The van der Waals surface area contributed by atoms with Crippen molar-refractivity contribution in [3.05, 3.63) is 103 Å². The molecule has 0 bridgehead atoms. The predicted octanol–water partition coefficient (Wildman–Crippen LogP) is 6.80. The van der Waals surface area contributed by atoms with Crippen LogP contribution in [0.1, 0.15) is 5.56 Å². The Morgan fingerprint density at radius 3 is 2.12 bits per heavy atom.